The first kappa shape index (κ1) is 9.55. The third kappa shape index (κ3) is 2.49. The second kappa shape index (κ2) is 4.48. The minimum Gasteiger partial charge on any atom is -0.304 e. The molecule has 0 amide bonds. The van der Waals surface area contributed by atoms with Crippen molar-refractivity contribution in [1.29, 1.82) is 0 Å². The van der Waals surface area contributed by atoms with Gasteiger partial charge in [-0.1, -0.05) is 0 Å². The monoisotopic (exact) mass is 192 g/mol. The number of nitrogens with zero attached hydrogens (tertiary/aromatic N) is 4. The molecule has 0 aromatic carbocycles. The molecule has 14 heavy (non-hydrogen) atoms. The van der Waals surface area contributed by atoms with Crippen LogP contribution in [-0.4, -0.2) is 53.0 Å². The van der Waals surface area contributed by atoms with Gasteiger partial charge < -0.3 is 4.90 Å². The van der Waals surface area contributed by atoms with E-state index in [1.165, 1.54) is 0 Å². The molecule has 0 N–H and O–H groups in total. The summed E-state index contributed by atoms with van der Waals surface area (Å²) in [6.45, 7) is 5.41. The molecule has 0 aliphatic carbocycles. The second-order valence-electron chi connectivity index (χ2n) is 3.74. The molecule has 1 saturated heterocycles. The largest absolute Gasteiger partial charge is 0.304 e. The average molecular weight is 192 g/mol. The molecule has 2 rings (SSSR count). The van der Waals surface area contributed by atoms with Crippen molar-refractivity contribution < 1.29 is 0 Å². The summed E-state index contributed by atoms with van der Waals surface area (Å²) in [4.78, 5) is 13.2. The Labute approximate surface area is 84.6 Å². The molecule has 2 heterocycles. The highest BCUT2D eigenvalue weighted by molar-refractivity contribution is 4.89. The summed E-state index contributed by atoms with van der Waals surface area (Å²) in [6.07, 6.45) is 3.61. The number of hydrogen-bond donors (Lipinski definition) is 0. The Balaban J connectivity index is 1.87. The Morgan fingerprint density at radius 3 is 2.43 bits per heavy atom. The van der Waals surface area contributed by atoms with Crippen LogP contribution in [0.5, 0.6) is 0 Å². The van der Waals surface area contributed by atoms with Crippen LogP contribution in [0.25, 0.3) is 0 Å². The molecule has 1 aromatic rings. The van der Waals surface area contributed by atoms with Gasteiger partial charge in [0.25, 0.3) is 0 Å². The summed E-state index contributed by atoms with van der Waals surface area (Å²) in [7, 11) is 2.16. The smallest absolute Gasteiger partial charge is 0.142 e. The van der Waals surface area contributed by atoms with E-state index in [4.69, 9.17) is 0 Å². The maximum Gasteiger partial charge on any atom is 0.142 e. The van der Waals surface area contributed by atoms with E-state index in [1.54, 1.807) is 12.4 Å². The normalized spacial score (nSPS) is 19.8. The summed E-state index contributed by atoms with van der Waals surface area (Å²) < 4.78 is 0. The highest BCUT2D eigenvalue weighted by Crippen LogP contribution is 2.02. The predicted octanol–water partition coefficient (Wildman–Crippen LogP) is 0.224. The highest BCUT2D eigenvalue weighted by atomic mass is 15.2. The zero-order chi connectivity index (χ0) is 9.80. The van der Waals surface area contributed by atoms with E-state index in [1.807, 2.05) is 6.07 Å². The van der Waals surface area contributed by atoms with Crippen LogP contribution in [0.15, 0.2) is 18.5 Å². The van der Waals surface area contributed by atoms with Gasteiger partial charge in [0.1, 0.15) is 5.82 Å². The predicted molar refractivity (Wildman–Crippen MR) is 54.8 cm³/mol. The van der Waals surface area contributed by atoms with E-state index in [0.29, 0.717) is 0 Å². The lowest BCUT2D eigenvalue weighted by molar-refractivity contribution is 0.145. The number of likely N-dealkylation sites (N-methyl/N-ethyl adjacent to an activating group) is 1. The zero-order valence-electron chi connectivity index (χ0n) is 8.56. The maximum absolute atomic E-state index is 4.23. The summed E-state index contributed by atoms with van der Waals surface area (Å²) in [5.74, 6) is 0.928. The van der Waals surface area contributed by atoms with Gasteiger partial charge in [0.15, 0.2) is 0 Å². The van der Waals surface area contributed by atoms with Crippen molar-refractivity contribution >= 4 is 0 Å². The first-order chi connectivity index (χ1) is 6.84. The third-order valence-corrected chi connectivity index (χ3v) is 2.58. The number of rotatable bonds is 2. The molecule has 1 fully saturated rings. The Morgan fingerprint density at radius 2 is 1.79 bits per heavy atom. The summed E-state index contributed by atoms with van der Waals surface area (Å²) in [5, 5.41) is 0. The van der Waals surface area contributed by atoms with Gasteiger partial charge in [-0.15, -0.1) is 0 Å². The zero-order valence-corrected chi connectivity index (χ0v) is 8.56. The van der Waals surface area contributed by atoms with Gasteiger partial charge in [-0.3, -0.25) is 4.90 Å². The van der Waals surface area contributed by atoms with Gasteiger partial charge in [0.05, 0.1) is 6.54 Å². The molecule has 0 spiro atoms. The van der Waals surface area contributed by atoms with E-state index in [0.717, 1.165) is 38.5 Å². The lowest BCUT2D eigenvalue weighted by Gasteiger charge is -2.31. The molecule has 76 valence electrons. The molecule has 0 unspecified atom stereocenters. The van der Waals surface area contributed by atoms with Crippen molar-refractivity contribution in [2.24, 2.45) is 0 Å². The SMILES string of the molecule is CN1CCN(Cc2ncccn2)CC1. The molecule has 0 bridgehead atoms. The minimum absolute atomic E-state index is 0.884. The molecule has 1 aliphatic heterocycles. The minimum atomic E-state index is 0.884. The van der Waals surface area contributed by atoms with Gasteiger partial charge >= 0.3 is 0 Å². The summed E-state index contributed by atoms with van der Waals surface area (Å²) >= 11 is 0. The molecule has 0 radical (unpaired) electrons. The Morgan fingerprint density at radius 1 is 1.14 bits per heavy atom. The lowest BCUT2D eigenvalue weighted by atomic mass is 10.3. The van der Waals surface area contributed by atoms with Crippen LogP contribution in [0.4, 0.5) is 0 Å². The van der Waals surface area contributed by atoms with Crippen molar-refractivity contribution in [3.05, 3.63) is 24.3 Å². The number of hydrogen-bond acceptors (Lipinski definition) is 4. The maximum atomic E-state index is 4.23. The van der Waals surface area contributed by atoms with E-state index in [2.05, 4.69) is 26.8 Å². The third-order valence-electron chi connectivity index (χ3n) is 2.58. The molecule has 4 heteroatoms. The highest BCUT2D eigenvalue weighted by Gasteiger charge is 2.14. The first-order valence-corrected chi connectivity index (χ1v) is 5.01. The quantitative estimate of drug-likeness (QED) is 0.671. The fourth-order valence-electron chi connectivity index (χ4n) is 1.62. The van der Waals surface area contributed by atoms with Crippen molar-refractivity contribution in [1.82, 2.24) is 19.8 Å². The van der Waals surface area contributed by atoms with Gasteiger partial charge in [-0.25, -0.2) is 9.97 Å². The van der Waals surface area contributed by atoms with E-state index in [9.17, 15) is 0 Å². The van der Waals surface area contributed by atoms with Crippen LogP contribution in [-0.2, 0) is 6.54 Å². The van der Waals surface area contributed by atoms with Crippen molar-refractivity contribution in [2.45, 2.75) is 6.54 Å². The molecule has 1 aromatic heterocycles. The lowest BCUT2D eigenvalue weighted by Crippen LogP contribution is -2.44. The molecule has 4 nitrogen and oxygen atoms in total. The molecular weight excluding hydrogens is 176 g/mol. The van der Waals surface area contributed by atoms with Crippen molar-refractivity contribution in [2.75, 3.05) is 33.2 Å². The van der Waals surface area contributed by atoms with Crippen LogP contribution < -0.4 is 0 Å². The summed E-state index contributed by atoms with van der Waals surface area (Å²) in [6, 6.07) is 1.85. The molecular formula is C10H16N4. The van der Waals surface area contributed by atoms with Crippen LogP contribution >= 0.6 is 0 Å². The van der Waals surface area contributed by atoms with Gasteiger partial charge in [0, 0.05) is 38.6 Å². The Hall–Kier alpha value is -1.00. The Kier molecular flexibility index (Phi) is 3.06. The van der Waals surface area contributed by atoms with Crippen LogP contribution in [0.3, 0.4) is 0 Å². The number of piperazine rings is 1. The van der Waals surface area contributed by atoms with Gasteiger partial charge in [-0.2, -0.15) is 0 Å². The van der Waals surface area contributed by atoms with Crippen LogP contribution in [0.1, 0.15) is 5.82 Å². The standard InChI is InChI=1S/C10H16N4/c1-13-5-7-14(8-6-13)9-10-11-3-2-4-12-10/h2-4H,5-9H2,1H3. The molecule has 1 aliphatic rings. The Bertz CT molecular complexity index is 267. The van der Waals surface area contributed by atoms with E-state index < -0.39 is 0 Å². The summed E-state index contributed by atoms with van der Waals surface area (Å²) in [5.41, 5.74) is 0. The fourth-order valence-corrected chi connectivity index (χ4v) is 1.62. The van der Waals surface area contributed by atoms with Crippen molar-refractivity contribution in [3.8, 4) is 0 Å². The van der Waals surface area contributed by atoms with Gasteiger partial charge in [-0.05, 0) is 13.1 Å². The fraction of sp³-hybridized carbons (Fsp3) is 0.600. The van der Waals surface area contributed by atoms with Crippen LogP contribution in [0, 0.1) is 0 Å². The van der Waals surface area contributed by atoms with Gasteiger partial charge in [0.2, 0.25) is 0 Å². The van der Waals surface area contributed by atoms with E-state index in [-0.39, 0.29) is 0 Å². The topological polar surface area (TPSA) is 32.3 Å². The first-order valence-electron chi connectivity index (χ1n) is 5.01. The molecule has 0 saturated carbocycles. The van der Waals surface area contributed by atoms with Crippen molar-refractivity contribution in [3.63, 3.8) is 0 Å². The van der Waals surface area contributed by atoms with Crippen LogP contribution in [0.2, 0.25) is 0 Å². The number of aromatic nitrogens is 2. The average Bonchev–Trinajstić information content (AvgIpc) is 2.23. The second-order valence-corrected chi connectivity index (χ2v) is 3.74. The molecule has 0 atom stereocenters. The van der Waals surface area contributed by atoms with E-state index >= 15 is 0 Å².